The molecule has 2 aromatic rings. The van der Waals surface area contributed by atoms with E-state index in [2.05, 4.69) is 35.3 Å². The summed E-state index contributed by atoms with van der Waals surface area (Å²) >= 11 is 0. The first-order valence-corrected chi connectivity index (χ1v) is 8.46. The smallest absolute Gasteiger partial charge is 0.234 e. The van der Waals surface area contributed by atoms with Gasteiger partial charge in [-0.15, -0.1) is 12.4 Å². The van der Waals surface area contributed by atoms with E-state index < -0.39 is 0 Å². The molecule has 2 rings (SSSR count). The molecule has 0 radical (unpaired) electrons. The Bertz CT molecular complexity index is 634. The minimum Gasteiger partial charge on any atom is -0.351 e. The van der Waals surface area contributed by atoms with Gasteiger partial charge in [0.25, 0.3) is 0 Å². The Morgan fingerprint density at radius 1 is 1.04 bits per heavy atom. The third-order valence-electron chi connectivity index (χ3n) is 4.11. The highest BCUT2D eigenvalue weighted by Crippen LogP contribution is 2.06. The molecule has 0 saturated carbocycles. The number of halogens is 1. The summed E-state index contributed by atoms with van der Waals surface area (Å²) in [7, 11) is 0. The van der Waals surface area contributed by atoms with E-state index in [1.165, 1.54) is 11.1 Å². The van der Waals surface area contributed by atoms with Crippen molar-refractivity contribution in [3.05, 3.63) is 71.3 Å². The predicted octanol–water partition coefficient (Wildman–Crippen LogP) is 2.54. The maximum atomic E-state index is 12.2. The Morgan fingerprint density at radius 2 is 1.72 bits per heavy atom. The van der Waals surface area contributed by atoms with Gasteiger partial charge in [-0.1, -0.05) is 54.6 Å². The molecule has 136 valence electrons. The quantitative estimate of drug-likeness (QED) is 0.721. The molecular formula is C20H28ClN3O. The number of nitrogens with zero attached hydrogens (tertiary/aromatic N) is 1. The van der Waals surface area contributed by atoms with Crippen molar-refractivity contribution < 1.29 is 4.79 Å². The molecule has 0 fully saturated rings. The number of carbonyl (C=O) groups is 1. The summed E-state index contributed by atoms with van der Waals surface area (Å²) in [6, 6.07) is 18.4. The second-order valence-corrected chi connectivity index (χ2v) is 6.00. The van der Waals surface area contributed by atoms with Gasteiger partial charge in [-0.3, -0.25) is 9.69 Å². The van der Waals surface area contributed by atoms with Gasteiger partial charge in [0.2, 0.25) is 5.91 Å². The molecule has 5 heteroatoms. The van der Waals surface area contributed by atoms with Gasteiger partial charge >= 0.3 is 0 Å². The van der Waals surface area contributed by atoms with Crippen LogP contribution in [-0.2, 0) is 17.8 Å². The lowest BCUT2D eigenvalue weighted by Gasteiger charge is -2.21. The number of rotatable bonds is 9. The average molecular weight is 362 g/mol. The van der Waals surface area contributed by atoms with Crippen molar-refractivity contribution in [3.8, 4) is 0 Å². The molecule has 0 aliphatic carbocycles. The molecule has 1 amide bonds. The second-order valence-electron chi connectivity index (χ2n) is 6.00. The highest BCUT2D eigenvalue weighted by atomic mass is 35.5. The lowest BCUT2D eigenvalue weighted by molar-refractivity contribution is -0.122. The molecule has 0 atom stereocenters. The number of aryl methyl sites for hydroxylation is 1. The van der Waals surface area contributed by atoms with Gasteiger partial charge < -0.3 is 11.1 Å². The number of amides is 1. The van der Waals surface area contributed by atoms with Crippen LogP contribution in [0, 0.1) is 6.92 Å². The van der Waals surface area contributed by atoms with E-state index in [-0.39, 0.29) is 18.3 Å². The highest BCUT2D eigenvalue weighted by Gasteiger charge is 2.10. The zero-order valence-electron chi connectivity index (χ0n) is 14.8. The lowest BCUT2D eigenvalue weighted by atomic mass is 10.1. The molecule has 25 heavy (non-hydrogen) atoms. The van der Waals surface area contributed by atoms with Crippen LogP contribution in [0.1, 0.15) is 16.7 Å². The van der Waals surface area contributed by atoms with Crippen LogP contribution in [0.3, 0.4) is 0 Å². The lowest BCUT2D eigenvalue weighted by Crippen LogP contribution is -2.40. The fourth-order valence-electron chi connectivity index (χ4n) is 2.65. The van der Waals surface area contributed by atoms with Crippen LogP contribution in [0.2, 0.25) is 0 Å². The van der Waals surface area contributed by atoms with Crippen LogP contribution < -0.4 is 11.1 Å². The van der Waals surface area contributed by atoms with E-state index in [1.54, 1.807) is 0 Å². The zero-order chi connectivity index (χ0) is 17.2. The van der Waals surface area contributed by atoms with Crippen LogP contribution in [0.15, 0.2) is 54.6 Å². The fourth-order valence-corrected chi connectivity index (χ4v) is 2.65. The second kappa shape index (κ2) is 11.6. The van der Waals surface area contributed by atoms with Crippen LogP contribution in [0.4, 0.5) is 0 Å². The largest absolute Gasteiger partial charge is 0.351 e. The molecule has 0 unspecified atom stereocenters. The van der Waals surface area contributed by atoms with Crippen molar-refractivity contribution >= 4 is 18.3 Å². The van der Waals surface area contributed by atoms with Gasteiger partial charge in [0.15, 0.2) is 0 Å². The van der Waals surface area contributed by atoms with Crippen LogP contribution in [-0.4, -0.2) is 37.0 Å². The summed E-state index contributed by atoms with van der Waals surface area (Å²) in [6.07, 6.45) is 0.923. The number of nitrogens with one attached hydrogen (secondary N) is 1. The maximum Gasteiger partial charge on any atom is 0.234 e. The van der Waals surface area contributed by atoms with Crippen LogP contribution in [0.25, 0.3) is 0 Å². The number of carbonyl (C=O) groups excluding carboxylic acids is 1. The van der Waals surface area contributed by atoms with Crippen LogP contribution in [0.5, 0.6) is 0 Å². The Hall–Kier alpha value is -1.88. The Kier molecular flexibility index (Phi) is 9.85. The Labute approximate surface area is 156 Å². The van der Waals surface area contributed by atoms with Crippen molar-refractivity contribution in [1.82, 2.24) is 10.2 Å². The van der Waals surface area contributed by atoms with E-state index in [0.29, 0.717) is 19.6 Å². The molecular weight excluding hydrogens is 334 g/mol. The van der Waals surface area contributed by atoms with Crippen LogP contribution >= 0.6 is 12.4 Å². The Balaban J connectivity index is 0.00000312. The molecule has 0 aromatic heterocycles. The molecule has 0 aliphatic rings. The van der Waals surface area contributed by atoms with E-state index in [9.17, 15) is 4.79 Å². The third-order valence-corrected chi connectivity index (χ3v) is 4.11. The number of nitrogens with two attached hydrogens (primary N) is 1. The van der Waals surface area contributed by atoms with E-state index >= 15 is 0 Å². The molecule has 3 N–H and O–H groups in total. The number of hydrogen-bond acceptors (Lipinski definition) is 3. The fraction of sp³-hybridized carbons (Fsp3) is 0.350. The highest BCUT2D eigenvalue weighted by molar-refractivity contribution is 5.85. The monoisotopic (exact) mass is 361 g/mol. The SMILES string of the molecule is Cc1ccccc1CNC(=O)CN(CCN)CCc1ccccc1.Cl. The van der Waals surface area contributed by atoms with Crippen molar-refractivity contribution in [2.75, 3.05) is 26.2 Å². The van der Waals surface area contributed by atoms with Crippen molar-refractivity contribution in [2.45, 2.75) is 19.9 Å². The molecule has 0 aliphatic heterocycles. The maximum absolute atomic E-state index is 12.2. The van der Waals surface area contributed by atoms with Gasteiger partial charge in [-0.25, -0.2) is 0 Å². The summed E-state index contributed by atoms with van der Waals surface area (Å²) in [5, 5.41) is 3.01. The van der Waals surface area contributed by atoms with Gasteiger partial charge in [0.05, 0.1) is 6.54 Å². The van der Waals surface area contributed by atoms with Crippen molar-refractivity contribution in [2.24, 2.45) is 5.73 Å². The summed E-state index contributed by atoms with van der Waals surface area (Å²) in [5.74, 6) is 0.0414. The summed E-state index contributed by atoms with van der Waals surface area (Å²) in [4.78, 5) is 14.3. The normalized spacial score (nSPS) is 10.4. The molecule has 0 spiro atoms. The first-order valence-electron chi connectivity index (χ1n) is 8.46. The van der Waals surface area contributed by atoms with Gasteiger partial charge in [-0.2, -0.15) is 0 Å². The van der Waals surface area contributed by atoms with Crippen molar-refractivity contribution in [3.63, 3.8) is 0 Å². The Morgan fingerprint density at radius 3 is 2.40 bits per heavy atom. The molecule has 2 aromatic carbocycles. The van der Waals surface area contributed by atoms with Gasteiger partial charge in [0, 0.05) is 26.2 Å². The van der Waals surface area contributed by atoms with Gasteiger partial charge in [-0.05, 0) is 30.0 Å². The average Bonchev–Trinajstić information content (AvgIpc) is 2.60. The minimum atomic E-state index is 0. The summed E-state index contributed by atoms with van der Waals surface area (Å²) < 4.78 is 0. The number of hydrogen-bond donors (Lipinski definition) is 2. The minimum absolute atomic E-state index is 0. The first-order chi connectivity index (χ1) is 11.7. The van der Waals surface area contributed by atoms with E-state index in [1.807, 2.05) is 36.4 Å². The molecule has 0 bridgehead atoms. The summed E-state index contributed by atoms with van der Waals surface area (Å²) in [6.45, 7) is 5.13. The zero-order valence-corrected chi connectivity index (χ0v) is 15.6. The molecule has 0 heterocycles. The summed E-state index contributed by atoms with van der Waals surface area (Å²) in [5.41, 5.74) is 9.31. The van der Waals surface area contributed by atoms with E-state index in [0.717, 1.165) is 25.1 Å². The third kappa shape index (κ3) is 7.69. The molecule has 4 nitrogen and oxygen atoms in total. The first kappa shape index (κ1) is 21.2. The van der Waals surface area contributed by atoms with Gasteiger partial charge in [0.1, 0.15) is 0 Å². The standard InChI is InChI=1S/C20H27N3O.ClH/c1-17-7-5-6-10-19(17)15-22-20(24)16-23(14-12-21)13-11-18-8-3-2-4-9-18;/h2-10H,11-16,21H2,1H3,(H,22,24);1H. The van der Waals surface area contributed by atoms with E-state index in [4.69, 9.17) is 5.73 Å². The topological polar surface area (TPSA) is 58.4 Å². The van der Waals surface area contributed by atoms with Crippen molar-refractivity contribution in [1.29, 1.82) is 0 Å². The molecule has 0 saturated heterocycles. The number of benzene rings is 2. The predicted molar refractivity (Wildman–Crippen MR) is 106 cm³/mol.